The lowest BCUT2D eigenvalue weighted by Crippen LogP contribution is -2.41. The first-order valence-corrected chi connectivity index (χ1v) is 11.8. The molecule has 7 nitrogen and oxygen atoms in total. The number of benzene rings is 2. The zero-order chi connectivity index (χ0) is 22.8. The zero-order valence-electron chi connectivity index (χ0n) is 19.2. The number of aryl methyl sites for hydroxylation is 3. The molecule has 2 aromatic carbocycles. The second kappa shape index (κ2) is 9.27. The number of hydrogen-bond donors (Lipinski definition) is 1. The van der Waals surface area contributed by atoms with E-state index in [2.05, 4.69) is 50.5 Å². The van der Waals surface area contributed by atoms with Crippen molar-refractivity contribution in [3.8, 4) is 0 Å². The van der Waals surface area contributed by atoms with Crippen molar-refractivity contribution in [2.45, 2.75) is 45.7 Å². The predicted octanol–water partition coefficient (Wildman–Crippen LogP) is 3.89. The third-order valence-electron chi connectivity index (χ3n) is 6.72. The number of H-pyrrole nitrogens is 1. The van der Waals surface area contributed by atoms with Crippen LogP contribution in [-0.4, -0.2) is 43.2 Å². The van der Waals surface area contributed by atoms with Gasteiger partial charge in [-0.25, -0.2) is 4.68 Å². The number of para-hydroxylation sites is 1. The molecule has 4 aromatic rings. The van der Waals surface area contributed by atoms with Gasteiger partial charge in [-0.2, -0.15) is 0 Å². The molecular formula is C26H30N6O. The fourth-order valence-corrected chi connectivity index (χ4v) is 5.01. The SMILES string of the molecule is Cc1cccc2cc([C@H](c3nnnn3CCc3ccccc3)N3CCC[C@H](C)C3)c(=O)[nH]c12. The third kappa shape index (κ3) is 4.46. The number of hydrogen-bond acceptors (Lipinski definition) is 5. The van der Waals surface area contributed by atoms with Gasteiger partial charge >= 0.3 is 0 Å². The zero-order valence-corrected chi connectivity index (χ0v) is 19.2. The van der Waals surface area contributed by atoms with Gasteiger partial charge in [0.1, 0.15) is 6.04 Å². The van der Waals surface area contributed by atoms with E-state index in [0.717, 1.165) is 48.2 Å². The number of nitrogens with one attached hydrogen (secondary N) is 1. The molecule has 3 heterocycles. The predicted molar refractivity (Wildman–Crippen MR) is 129 cm³/mol. The molecule has 2 aromatic heterocycles. The minimum absolute atomic E-state index is 0.0716. The van der Waals surface area contributed by atoms with Gasteiger partial charge in [0.2, 0.25) is 0 Å². The lowest BCUT2D eigenvalue weighted by atomic mass is 9.95. The molecule has 1 saturated heterocycles. The summed E-state index contributed by atoms with van der Waals surface area (Å²) in [6.45, 7) is 6.80. The van der Waals surface area contributed by atoms with Crippen LogP contribution in [0.5, 0.6) is 0 Å². The summed E-state index contributed by atoms with van der Waals surface area (Å²) in [6.07, 6.45) is 3.14. The smallest absolute Gasteiger partial charge is 0.253 e. The van der Waals surface area contributed by atoms with Crippen LogP contribution < -0.4 is 5.56 Å². The Morgan fingerprint density at radius 3 is 2.82 bits per heavy atom. The van der Waals surface area contributed by atoms with Gasteiger partial charge in [-0.15, -0.1) is 5.10 Å². The van der Waals surface area contributed by atoms with E-state index in [1.54, 1.807) is 0 Å². The molecule has 0 unspecified atom stereocenters. The van der Waals surface area contributed by atoms with Crippen molar-refractivity contribution in [3.05, 3.63) is 87.5 Å². The quantitative estimate of drug-likeness (QED) is 0.490. The number of piperidine rings is 1. The van der Waals surface area contributed by atoms with Gasteiger partial charge in [0.05, 0.1) is 5.52 Å². The molecule has 1 aliphatic heterocycles. The maximum atomic E-state index is 13.4. The van der Waals surface area contributed by atoms with Crippen LogP contribution in [-0.2, 0) is 13.0 Å². The van der Waals surface area contributed by atoms with E-state index >= 15 is 0 Å². The van der Waals surface area contributed by atoms with Crippen LogP contribution in [0.3, 0.4) is 0 Å². The molecule has 1 N–H and O–H groups in total. The summed E-state index contributed by atoms with van der Waals surface area (Å²) in [5.74, 6) is 1.30. The first-order chi connectivity index (χ1) is 16.1. The molecule has 0 spiro atoms. The Kier molecular flexibility index (Phi) is 6.05. The number of likely N-dealkylation sites (tertiary alicyclic amines) is 1. The number of pyridine rings is 1. The van der Waals surface area contributed by atoms with Gasteiger partial charge in [0.25, 0.3) is 5.56 Å². The molecule has 0 saturated carbocycles. The van der Waals surface area contributed by atoms with Crippen molar-refractivity contribution in [1.29, 1.82) is 0 Å². The Bertz CT molecular complexity index is 1300. The molecule has 7 heteroatoms. The number of fused-ring (bicyclic) bond motifs is 1. The lowest BCUT2D eigenvalue weighted by molar-refractivity contribution is 0.141. The van der Waals surface area contributed by atoms with E-state index in [4.69, 9.17) is 0 Å². The van der Waals surface area contributed by atoms with Crippen molar-refractivity contribution < 1.29 is 0 Å². The fourth-order valence-electron chi connectivity index (χ4n) is 5.01. The van der Waals surface area contributed by atoms with Crippen LogP contribution in [0, 0.1) is 12.8 Å². The van der Waals surface area contributed by atoms with E-state index in [-0.39, 0.29) is 11.6 Å². The Morgan fingerprint density at radius 1 is 1.15 bits per heavy atom. The summed E-state index contributed by atoms with van der Waals surface area (Å²) < 4.78 is 1.87. The molecule has 33 heavy (non-hydrogen) atoms. The summed E-state index contributed by atoms with van der Waals surface area (Å²) >= 11 is 0. The van der Waals surface area contributed by atoms with Crippen molar-refractivity contribution in [2.24, 2.45) is 5.92 Å². The highest BCUT2D eigenvalue weighted by atomic mass is 16.1. The van der Waals surface area contributed by atoms with E-state index in [1.807, 2.05) is 48.0 Å². The monoisotopic (exact) mass is 442 g/mol. The second-order valence-corrected chi connectivity index (χ2v) is 9.23. The van der Waals surface area contributed by atoms with Crippen molar-refractivity contribution in [1.82, 2.24) is 30.1 Å². The van der Waals surface area contributed by atoms with E-state index < -0.39 is 0 Å². The summed E-state index contributed by atoms with van der Waals surface area (Å²) in [6, 6.07) is 18.2. The van der Waals surface area contributed by atoms with E-state index in [0.29, 0.717) is 18.0 Å². The molecule has 170 valence electrons. The van der Waals surface area contributed by atoms with Crippen molar-refractivity contribution in [2.75, 3.05) is 13.1 Å². The largest absolute Gasteiger partial charge is 0.321 e. The highest BCUT2D eigenvalue weighted by Crippen LogP contribution is 2.31. The fraction of sp³-hybridized carbons (Fsp3) is 0.385. The first-order valence-electron chi connectivity index (χ1n) is 11.8. The van der Waals surface area contributed by atoms with Crippen LogP contribution in [0.1, 0.15) is 48.3 Å². The number of aromatic amines is 1. The third-order valence-corrected chi connectivity index (χ3v) is 6.72. The summed E-state index contributed by atoms with van der Waals surface area (Å²) in [5, 5.41) is 13.8. The molecular weight excluding hydrogens is 412 g/mol. The Labute approximate surface area is 193 Å². The van der Waals surface area contributed by atoms with Crippen LogP contribution in [0.25, 0.3) is 10.9 Å². The van der Waals surface area contributed by atoms with Gasteiger partial charge in [-0.05, 0) is 71.7 Å². The number of tetrazole rings is 1. The molecule has 0 amide bonds. The average Bonchev–Trinajstić information content (AvgIpc) is 3.28. The molecule has 1 aliphatic rings. The van der Waals surface area contributed by atoms with Crippen molar-refractivity contribution in [3.63, 3.8) is 0 Å². The first kappa shape index (κ1) is 21.5. The second-order valence-electron chi connectivity index (χ2n) is 9.23. The van der Waals surface area contributed by atoms with Crippen LogP contribution in [0.15, 0.2) is 59.4 Å². The minimum atomic E-state index is -0.285. The van der Waals surface area contributed by atoms with Crippen LogP contribution in [0.4, 0.5) is 0 Å². The molecule has 5 rings (SSSR count). The number of aromatic nitrogens is 5. The Morgan fingerprint density at radius 2 is 2.00 bits per heavy atom. The molecule has 0 radical (unpaired) electrons. The van der Waals surface area contributed by atoms with Crippen LogP contribution >= 0.6 is 0 Å². The molecule has 0 bridgehead atoms. The summed E-state index contributed by atoms with van der Waals surface area (Å²) in [7, 11) is 0. The van der Waals surface area contributed by atoms with Gasteiger partial charge in [-0.1, -0.05) is 55.5 Å². The molecule has 0 aliphatic carbocycles. The van der Waals surface area contributed by atoms with Gasteiger partial charge in [0, 0.05) is 18.7 Å². The topological polar surface area (TPSA) is 79.7 Å². The molecule has 1 fully saturated rings. The number of rotatable bonds is 6. The Balaban J connectivity index is 1.57. The minimum Gasteiger partial charge on any atom is -0.321 e. The van der Waals surface area contributed by atoms with Crippen LogP contribution in [0.2, 0.25) is 0 Å². The van der Waals surface area contributed by atoms with E-state index in [1.165, 1.54) is 12.0 Å². The highest BCUT2D eigenvalue weighted by molar-refractivity contribution is 5.82. The summed E-state index contributed by atoms with van der Waals surface area (Å²) in [4.78, 5) is 18.9. The molecule has 2 atom stereocenters. The maximum Gasteiger partial charge on any atom is 0.253 e. The summed E-state index contributed by atoms with van der Waals surface area (Å²) in [5.41, 5.74) is 3.82. The van der Waals surface area contributed by atoms with Gasteiger partial charge in [-0.3, -0.25) is 9.69 Å². The van der Waals surface area contributed by atoms with Gasteiger partial charge in [0.15, 0.2) is 5.82 Å². The normalized spacial score (nSPS) is 17.9. The lowest BCUT2D eigenvalue weighted by Gasteiger charge is -2.36. The van der Waals surface area contributed by atoms with E-state index in [9.17, 15) is 4.79 Å². The van der Waals surface area contributed by atoms with Gasteiger partial charge < -0.3 is 4.98 Å². The van der Waals surface area contributed by atoms with Crippen molar-refractivity contribution >= 4 is 10.9 Å². The standard InChI is InChI=1S/C26H30N6O/c1-18-8-7-14-31(17-18)24(22-16-21-12-6-9-19(2)23(21)27-26(22)33)25-28-29-30-32(25)15-13-20-10-4-3-5-11-20/h3-6,9-12,16,18,24H,7-8,13-15,17H2,1-2H3,(H,27,33)/t18-,24+/m0/s1. The average molecular weight is 443 g/mol. The number of nitrogens with zero attached hydrogens (tertiary/aromatic N) is 5. The highest BCUT2D eigenvalue weighted by Gasteiger charge is 2.32. The maximum absolute atomic E-state index is 13.4. The Hall–Kier alpha value is -3.32.